The molecule has 1 aliphatic rings. The molecule has 0 aromatic heterocycles. The average Bonchev–Trinajstić information content (AvgIpc) is 2.46. The van der Waals surface area contributed by atoms with Gasteiger partial charge < -0.3 is 9.64 Å². The Hall–Kier alpha value is -2.36. The summed E-state index contributed by atoms with van der Waals surface area (Å²) < 4.78 is 19.5. The molecule has 1 atom stereocenters. The SMILES string of the molecule is Cc1ccc2c(c1)N(Cc1ccccc1F)C(=O)C(C)O2. The highest BCUT2D eigenvalue weighted by Gasteiger charge is 2.31. The van der Waals surface area contributed by atoms with E-state index in [1.165, 1.54) is 6.07 Å². The van der Waals surface area contributed by atoms with E-state index >= 15 is 0 Å². The summed E-state index contributed by atoms with van der Waals surface area (Å²) in [5, 5.41) is 0. The lowest BCUT2D eigenvalue weighted by Gasteiger charge is -2.33. The molecular formula is C17H16FNO2. The summed E-state index contributed by atoms with van der Waals surface area (Å²) in [4.78, 5) is 14.0. The monoisotopic (exact) mass is 285 g/mol. The minimum atomic E-state index is -0.563. The molecule has 2 aromatic rings. The van der Waals surface area contributed by atoms with Crippen molar-refractivity contribution in [2.45, 2.75) is 26.5 Å². The number of ether oxygens (including phenoxy) is 1. The van der Waals surface area contributed by atoms with E-state index in [1.54, 1.807) is 30.0 Å². The maximum atomic E-state index is 13.9. The van der Waals surface area contributed by atoms with Gasteiger partial charge in [0.15, 0.2) is 6.10 Å². The van der Waals surface area contributed by atoms with Gasteiger partial charge in [-0.1, -0.05) is 24.3 Å². The van der Waals surface area contributed by atoms with Gasteiger partial charge in [0.05, 0.1) is 12.2 Å². The lowest BCUT2D eigenvalue weighted by atomic mass is 10.1. The van der Waals surface area contributed by atoms with Crippen LogP contribution in [0.1, 0.15) is 18.1 Å². The Bertz CT molecular complexity index is 699. The molecule has 2 aromatic carbocycles. The van der Waals surface area contributed by atoms with Crippen molar-refractivity contribution in [2.24, 2.45) is 0 Å². The number of nitrogens with zero attached hydrogens (tertiary/aromatic N) is 1. The first-order chi connectivity index (χ1) is 10.1. The van der Waals surface area contributed by atoms with Crippen LogP contribution in [-0.2, 0) is 11.3 Å². The molecule has 0 N–H and O–H groups in total. The van der Waals surface area contributed by atoms with Crippen LogP contribution >= 0.6 is 0 Å². The number of fused-ring (bicyclic) bond motifs is 1. The zero-order valence-corrected chi connectivity index (χ0v) is 12.0. The molecule has 0 spiro atoms. The summed E-state index contributed by atoms with van der Waals surface area (Å²) >= 11 is 0. The first-order valence-electron chi connectivity index (χ1n) is 6.88. The van der Waals surface area contributed by atoms with Crippen LogP contribution in [0.2, 0.25) is 0 Å². The summed E-state index contributed by atoms with van der Waals surface area (Å²) in [7, 11) is 0. The maximum Gasteiger partial charge on any atom is 0.268 e. The zero-order chi connectivity index (χ0) is 15.0. The highest BCUT2D eigenvalue weighted by molar-refractivity contribution is 5.99. The van der Waals surface area contributed by atoms with Crippen molar-refractivity contribution in [3.63, 3.8) is 0 Å². The van der Waals surface area contributed by atoms with Gasteiger partial charge in [-0.15, -0.1) is 0 Å². The Balaban J connectivity index is 2.03. The molecule has 0 saturated heterocycles. The lowest BCUT2D eigenvalue weighted by molar-refractivity contribution is -0.125. The summed E-state index contributed by atoms with van der Waals surface area (Å²) in [5.41, 5.74) is 2.21. The number of halogens is 1. The Morgan fingerprint density at radius 3 is 2.76 bits per heavy atom. The van der Waals surface area contributed by atoms with Crippen molar-refractivity contribution < 1.29 is 13.9 Å². The number of carbonyl (C=O) groups excluding carboxylic acids is 1. The van der Waals surface area contributed by atoms with Gasteiger partial charge in [0, 0.05) is 5.56 Å². The van der Waals surface area contributed by atoms with Crippen LogP contribution in [0.4, 0.5) is 10.1 Å². The van der Waals surface area contributed by atoms with Crippen LogP contribution in [0.3, 0.4) is 0 Å². The molecule has 0 bridgehead atoms. The highest BCUT2D eigenvalue weighted by atomic mass is 19.1. The fraction of sp³-hybridized carbons (Fsp3) is 0.235. The van der Waals surface area contributed by atoms with Crippen molar-refractivity contribution in [3.8, 4) is 5.75 Å². The first-order valence-corrected chi connectivity index (χ1v) is 6.88. The molecule has 0 saturated carbocycles. The molecule has 0 radical (unpaired) electrons. The van der Waals surface area contributed by atoms with E-state index in [1.807, 2.05) is 25.1 Å². The molecule has 108 valence electrons. The third-order valence-electron chi connectivity index (χ3n) is 3.61. The summed E-state index contributed by atoms with van der Waals surface area (Å²) in [6, 6.07) is 12.2. The molecule has 1 amide bonds. The van der Waals surface area contributed by atoms with Gasteiger partial charge in [-0.25, -0.2) is 4.39 Å². The molecule has 3 nitrogen and oxygen atoms in total. The van der Waals surface area contributed by atoms with E-state index in [0.29, 0.717) is 17.0 Å². The van der Waals surface area contributed by atoms with Crippen LogP contribution in [0.25, 0.3) is 0 Å². The number of aryl methyl sites for hydroxylation is 1. The number of anilines is 1. The highest BCUT2D eigenvalue weighted by Crippen LogP contribution is 2.35. The Morgan fingerprint density at radius 2 is 2.00 bits per heavy atom. The van der Waals surface area contributed by atoms with Crippen molar-refractivity contribution in [1.29, 1.82) is 0 Å². The van der Waals surface area contributed by atoms with Crippen molar-refractivity contribution >= 4 is 11.6 Å². The van der Waals surface area contributed by atoms with Gasteiger partial charge in [0.25, 0.3) is 5.91 Å². The molecular weight excluding hydrogens is 269 g/mol. The molecule has 21 heavy (non-hydrogen) atoms. The van der Waals surface area contributed by atoms with Crippen LogP contribution < -0.4 is 9.64 Å². The number of hydrogen-bond acceptors (Lipinski definition) is 2. The lowest BCUT2D eigenvalue weighted by Crippen LogP contribution is -2.44. The van der Waals surface area contributed by atoms with Crippen LogP contribution in [-0.4, -0.2) is 12.0 Å². The smallest absolute Gasteiger partial charge is 0.268 e. The average molecular weight is 285 g/mol. The topological polar surface area (TPSA) is 29.5 Å². The number of benzene rings is 2. The van der Waals surface area contributed by atoms with Gasteiger partial charge >= 0.3 is 0 Å². The number of hydrogen-bond donors (Lipinski definition) is 0. The molecule has 1 unspecified atom stereocenters. The predicted octanol–water partition coefficient (Wildman–Crippen LogP) is 3.45. The largest absolute Gasteiger partial charge is 0.479 e. The van der Waals surface area contributed by atoms with Crippen LogP contribution in [0, 0.1) is 12.7 Å². The Labute approximate surface area is 123 Å². The Kier molecular flexibility index (Phi) is 3.37. The Morgan fingerprint density at radius 1 is 1.24 bits per heavy atom. The number of carbonyl (C=O) groups is 1. The normalized spacial score (nSPS) is 17.4. The van der Waals surface area contributed by atoms with E-state index in [-0.39, 0.29) is 18.3 Å². The zero-order valence-electron chi connectivity index (χ0n) is 12.0. The third kappa shape index (κ3) is 2.49. The predicted molar refractivity (Wildman–Crippen MR) is 78.9 cm³/mol. The van der Waals surface area contributed by atoms with Gasteiger partial charge in [-0.3, -0.25) is 4.79 Å². The van der Waals surface area contributed by atoms with Gasteiger partial charge in [0.2, 0.25) is 0 Å². The minimum absolute atomic E-state index is 0.156. The van der Waals surface area contributed by atoms with Crippen molar-refractivity contribution in [3.05, 3.63) is 59.4 Å². The van der Waals surface area contributed by atoms with Crippen LogP contribution in [0.5, 0.6) is 5.75 Å². The fourth-order valence-corrected chi connectivity index (χ4v) is 2.48. The molecule has 1 heterocycles. The van der Waals surface area contributed by atoms with E-state index < -0.39 is 6.10 Å². The minimum Gasteiger partial charge on any atom is -0.479 e. The summed E-state index contributed by atoms with van der Waals surface area (Å²) in [5.74, 6) is 0.194. The third-order valence-corrected chi connectivity index (χ3v) is 3.61. The summed E-state index contributed by atoms with van der Waals surface area (Å²) in [6.07, 6.45) is -0.563. The van der Waals surface area contributed by atoms with Crippen molar-refractivity contribution in [1.82, 2.24) is 0 Å². The summed E-state index contributed by atoms with van der Waals surface area (Å²) in [6.45, 7) is 3.86. The quantitative estimate of drug-likeness (QED) is 0.846. The van der Waals surface area contributed by atoms with E-state index in [0.717, 1.165) is 5.56 Å². The number of amides is 1. The molecule has 4 heteroatoms. The second-order valence-electron chi connectivity index (χ2n) is 5.25. The first kappa shape index (κ1) is 13.6. The second-order valence-corrected chi connectivity index (χ2v) is 5.25. The molecule has 1 aliphatic heterocycles. The number of rotatable bonds is 2. The van der Waals surface area contributed by atoms with Gasteiger partial charge in [0.1, 0.15) is 11.6 Å². The molecule has 0 aliphatic carbocycles. The van der Waals surface area contributed by atoms with Gasteiger partial charge in [-0.05, 0) is 37.6 Å². The standard InChI is InChI=1S/C17H16FNO2/c1-11-7-8-16-15(9-11)19(17(20)12(2)21-16)10-13-5-3-4-6-14(13)18/h3-9,12H,10H2,1-2H3. The van der Waals surface area contributed by atoms with Crippen LogP contribution in [0.15, 0.2) is 42.5 Å². The van der Waals surface area contributed by atoms with Crippen molar-refractivity contribution in [2.75, 3.05) is 4.90 Å². The molecule has 0 fully saturated rings. The van der Waals surface area contributed by atoms with E-state index in [9.17, 15) is 9.18 Å². The maximum absolute atomic E-state index is 13.9. The fourth-order valence-electron chi connectivity index (χ4n) is 2.48. The second kappa shape index (κ2) is 5.20. The van der Waals surface area contributed by atoms with E-state index in [2.05, 4.69) is 0 Å². The van der Waals surface area contributed by atoms with Gasteiger partial charge in [-0.2, -0.15) is 0 Å². The molecule has 3 rings (SSSR count). The van der Waals surface area contributed by atoms with E-state index in [4.69, 9.17) is 4.74 Å².